The van der Waals surface area contributed by atoms with Crippen LogP contribution in [0.5, 0.6) is 0 Å². The average Bonchev–Trinajstić information content (AvgIpc) is 2.13. The van der Waals surface area contributed by atoms with Crippen LogP contribution < -0.4 is 5.73 Å². The molecule has 0 aliphatic rings. The van der Waals surface area contributed by atoms with Gasteiger partial charge in [-0.15, -0.1) is 0 Å². The molecule has 98 valence electrons. The van der Waals surface area contributed by atoms with Gasteiger partial charge in [-0.25, -0.2) is 8.42 Å². The van der Waals surface area contributed by atoms with E-state index in [2.05, 4.69) is 13.8 Å². The Bertz CT molecular complexity index is 282. The molecule has 16 heavy (non-hydrogen) atoms. The van der Waals surface area contributed by atoms with Crippen LogP contribution in [0.4, 0.5) is 0 Å². The standard InChI is InChI=1S/C11H25NO3S/c1-10(2)7-11(8-12,9-13)5-4-6-16(3,14)15/h10,13H,4-9,12H2,1-3H3. The predicted molar refractivity (Wildman–Crippen MR) is 67.0 cm³/mol. The topological polar surface area (TPSA) is 80.4 Å². The van der Waals surface area contributed by atoms with Gasteiger partial charge in [0, 0.05) is 30.6 Å². The molecule has 5 heteroatoms. The van der Waals surface area contributed by atoms with Crippen LogP contribution in [0.1, 0.15) is 33.1 Å². The fourth-order valence-corrected chi connectivity index (χ4v) is 2.74. The van der Waals surface area contributed by atoms with Crippen molar-refractivity contribution >= 4 is 9.84 Å². The van der Waals surface area contributed by atoms with E-state index in [4.69, 9.17) is 5.73 Å². The van der Waals surface area contributed by atoms with Crippen LogP contribution in [-0.4, -0.2) is 38.7 Å². The van der Waals surface area contributed by atoms with Crippen LogP contribution in [0.2, 0.25) is 0 Å². The summed E-state index contributed by atoms with van der Waals surface area (Å²) < 4.78 is 22.0. The van der Waals surface area contributed by atoms with E-state index in [1.54, 1.807) is 0 Å². The SMILES string of the molecule is CC(C)CC(CN)(CO)CCCS(C)(=O)=O. The summed E-state index contributed by atoms with van der Waals surface area (Å²) in [6, 6.07) is 0. The van der Waals surface area contributed by atoms with Crippen molar-refractivity contribution in [3.63, 3.8) is 0 Å². The largest absolute Gasteiger partial charge is 0.396 e. The third kappa shape index (κ3) is 6.45. The van der Waals surface area contributed by atoms with Gasteiger partial charge in [-0.05, 0) is 25.2 Å². The second kappa shape index (κ2) is 6.57. The highest BCUT2D eigenvalue weighted by molar-refractivity contribution is 7.90. The lowest BCUT2D eigenvalue weighted by molar-refractivity contribution is 0.0980. The lowest BCUT2D eigenvalue weighted by Gasteiger charge is -2.32. The van der Waals surface area contributed by atoms with Crippen molar-refractivity contribution in [2.75, 3.05) is 25.2 Å². The molecule has 0 spiro atoms. The third-order valence-corrected chi connectivity index (χ3v) is 3.86. The molecule has 0 saturated carbocycles. The molecule has 0 rings (SSSR count). The van der Waals surface area contributed by atoms with Gasteiger partial charge in [0.05, 0.1) is 0 Å². The molecule has 3 N–H and O–H groups in total. The Balaban J connectivity index is 4.33. The van der Waals surface area contributed by atoms with Crippen LogP contribution >= 0.6 is 0 Å². The average molecular weight is 251 g/mol. The number of aliphatic hydroxyl groups is 1. The van der Waals surface area contributed by atoms with Gasteiger partial charge in [-0.2, -0.15) is 0 Å². The molecule has 0 bridgehead atoms. The van der Waals surface area contributed by atoms with E-state index in [0.29, 0.717) is 25.3 Å². The highest BCUT2D eigenvalue weighted by Crippen LogP contribution is 2.30. The zero-order valence-corrected chi connectivity index (χ0v) is 11.4. The first-order valence-electron chi connectivity index (χ1n) is 5.73. The maximum absolute atomic E-state index is 11.0. The lowest BCUT2D eigenvalue weighted by atomic mass is 9.77. The van der Waals surface area contributed by atoms with Crippen molar-refractivity contribution in [2.45, 2.75) is 33.1 Å². The number of hydrogen-bond acceptors (Lipinski definition) is 4. The lowest BCUT2D eigenvalue weighted by Crippen LogP contribution is -2.36. The Morgan fingerprint density at radius 2 is 1.94 bits per heavy atom. The zero-order valence-electron chi connectivity index (χ0n) is 10.6. The van der Waals surface area contributed by atoms with Gasteiger partial charge in [0.15, 0.2) is 0 Å². The Kier molecular flexibility index (Phi) is 6.51. The van der Waals surface area contributed by atoms with Crippen LogP contribution in [0.15, 0.2) is 0 Å². The summed E-state index contributed by atoms with van der Waals surface area (Å²) in [6.45, 7) is 4.60. The van der Waals surface area contributed by atoms with Gasteiger partial charge in [0.25, 0.3) is 0 Å². The smallest absolute Gasteiger partial charge is 0.147 e. The fraction of sp³-hybridized carbons (Fsp3) is 1.00. The van der Waals surface area contributed by atoms with Gasteiger partial charge >= 0.3 is 0 Å². The van der Waals surface area contributed by atoms with Gasteiger partial charge < -0.3 is 10.8 Å². The third-order valence-electron chi connectivity index (χ3n) is 2.83. The minimum atomic E-state index is -2.91. The fourth-order valence-electron chi connectivity index (χ4n) is 2.07. The zero-order chi connectivity index (χ0) is 12.8. The molecular weight excluding hydrogens is 226 g/mol. The quantitative estimate of drug-likeness (QED) is 0.668. The van der Waals surface area contributed by atoms with E-state index >= 15 is 0 Å². The second-order valence-electron chi connectivity index (χ2n) is 5.19. The Morgan fingerprint density at radius 1 is 1.38 bits per heavy atom. The van der Waals surface area contributed by atoms with Crippen molar-refractivity contribution < 1.29 is 13.5 Å². The summed E-state index contributed by atoms with van der Waals surface area (Å²) in [5, 5.41) is 9.43. The molecule has 0 amide bonds. The van der Waals surface area contributed by atoms with Crippen LogP contribution in [0.3, 0.4) is 0 Å². The molecule has 4 nitrogen and oxygen atoms in total. The summed E-state index contributed by atoms with van der Waals surface area (Å²) in [7, 11) is -2.91. The van der Waals surface area contributed by atoms with E-state index in [9.17, 15) is 13.5 Å². The maximum Gasteiger partial charge on any atom is 0.147 e. The summed E-state index contributed by atoms with van der Waals surface area (Å²) in [5.41, 5.74) is 5.40. The van der Waals surface area contributed by atoms with Crippen molar-refractivity contribution in [1.29, 1.82) is 0 Å². The first-order valence-corrected chi connectivity index (χ1v) is 7.79. The van der Waals surface area contributed by atoms with Gasteiger partial charge in [0.1, 0.15) is 9.84 Å². The molecule has 0 aliphatic heterocycles. The molecular formula is C11H25NO3S. The minimum absolute atomic E-state index is 0.0332. The van der Waals surface area contributed by atoms with Crippen molar-refractivity contribution in [3.8, 4) is 0 Å². The van der Waals surface area contributed by atoms with Crippen molar-refractivity contribution in [1.82, 2.24) is 0 Å². The predicted octanol–water partition coefficient (Wildman–Crippen LogP) is 0.795. The first kappa shape index (κ1) is 15.9. The normalized spacial score (nSPS) is 16.4. The Morgan fingerprint density at radius 3 is 2.25 bits per heavy atom. The van der Waals surface area contributed by atoms with Crippen LogP contribution in [-0.2, 0) is 9.84 Å². The molecule has 0 aromatic heterocycles. The number of nitrogens with two attached hydrogens (primary N) is 1. The molecule has 1 atom stereocenters. The second-order valence-corrected chi connectivity index (χ2v) is 7.45. The van der Waals surface area contributed by atoms with Crippen LogP contribution in [0.25, 0.3) is 0 Å². The highest BCUT2D eigenvalue weighted by atomic mass is 32.2. The molecule has 1 unspecified atom stereocenters. The molecule has 0 fully saturated rings. The summed E-state index contributed by atoms with van der Waals surface area (Å²) in [6.07, 6.45) is 3.32. The molecule has 0 heterocycles. The minimum Gasteiger partial charge on any atom is -0.396 e. The van der Waals surface area contributed by atoms with Gasteiger partial charge in [-0.1, -0.05) is 13.8 Å². The van der Waals surface area contributed by atoms with E-state index in [-0.39, 0.29) is 17.8 Å². The van der Waals surface area contributed by atoms with Gasteiger partial charge in [0.2, 0.25) is 0 Å². The van der Waals surface area contributed by atoms with E-state index in [1.807, 2.05) is 0 Å². The number of sulfone groups is 1. The van der Waals surface area contributed by atoms with Crippen molar-refractivity contribution in [2.24, 2.45) is 17.1 Å². The van der Waals surface area contributed by atoms with Gasteiger partial charge in [-0.3, -0.25) is 0 Å². The Hall–Kier alpha value is -0.130. The Labute approximate surface area is 99.1 Å². The molecule has 0 aromatic rings. The number of aliphatic hydroxyl groups excluding tert-OH is 1. The molecule has 0 aliphatic carbocycles. The summed E-state index contributed by atoms with van der Waals surface area (Å²) >= 11 is 0. The molecule has 0 aromatic carbocycles. The number of hydrogen-bond donors (Lipinski definition) is 2. The number of rotatable bonds is 8. The van der Waals surface area contributed by atoms with Crippen molar-refractivity contribution in [3.05, 3.63) is 0 Å². The first-order chi connectivity index (χ1) is 7.24. The van der Waals surface area contributed by atoms with E-state index < -0.39 is 9.84 Å². The summed E-state index contributed by atoms with van der Waals surface area (Å²) in [5.74, 6) is 0.626. The maximum atomic E-state index is 11.0. The monoisotopic (exact) mass is 251 g/mol. The molecule has 0 saturated heterocycles. The van der Waals surface area contributed by atoms with E-state index in [0.717, 1.165) is 6.42 Å². The highest BCUT2D eigenvalue weighted by Gasteiger charge is 2.28. The summed E-state index contributed by atoms with van der Waals surface area (Å²) in [4.78, 5) is 0. The van der Waals surface area contributed by atoms with Crippen LogP contribution in [0, 0.1) is 11.3 Å². The molecule has 0 radical (unpaired) electrons. The van der Waals surface area contributed by atoms with E-state index in [1.165, 1.54) is 6.26 Å².